The van der Waals surface area contributed by atoms with Crippen LogP contribution in [-0.4, -0.2) is 30.7 Å². The number of imidazole rings is 1. The van der Waals surface area contributed by atoms with Gasteiger partial charge in [-0.05, 0) is 11.4 Å². The monoisotopic (exact) mass is 234 g/mol. The van der Waals surface area contributed by atoms with E-state index in [0.717, 1.165) is 4.88 Å². The van der Waals surface area contributed by atoms with E-state index >= 15 is 0 Å². The summed E-state index contributed by atoms with van der Waals surface area (Å²) in [6.07, 6.45) is 1.40. The minimum Gasteiger partial charge on any atom is -0.476 e. The molecule has 0 aliphatic rings. The molecule has 3 aromatic heterocycles. The molecule has 2 N–H and O–H groups in total. The molecule has 16 heavy (non-hydrogen) atoms. The number of aromatic amines is 1. The normalized spacial score (nSPS) is 11.0. The number of rotatable bonds is 2. The number of nitrogens with one attached hydrogen (secondary N) is 1. The van der Waals surface area contributed by atoms with Crippen molar-refractivity contribution in [2.75, 3.05) is 0 Å². The number of carboxylic acid groups (broad SMARTS) is 1. The number of aromatic nitrogens is 4. The summed E-state index contributed by atoms with van der Waals surface area (Å²) in [5.41, 5.74) is -0.0171. The lowest BCUT2D eigenvalue weighted by Crippen LogP contribution is -1.95. The minimum absolute atomic E-state index is 0.0171. The molecular weight excluding hydrogens is 228 g/mol. The summed E-state index contributed by atoms with van der Waals surface area (Å²) < 4.78 is 1.50. The number of hydrogen-bond acceptors (Lipinski definition) is 4. The van der Waals surface area contributed by atoms with Crippen molar-refractivity contribution in [2.45, 2.75) is 0 Å². The smallest absolute Gasteiger partial charge is 0.356 e. The standard InChI is InChI=1S/C9H6N4O2S/c14-8(15)5-4-13-9(10-5)11-7(12-13)6-2-1-3-16-6/h1-4H,(H,14,15)(H,10,11,12). The molecule has 0 bridgehead atoms. The SMILES string of the molecule is O=C(O)c1cn2[nH]c(-c3cccs3)nc2n1. The fraction of sp³-hybridized carbons (Fsp3) is 0. The Morgan fingerprint density at radius 2 is 2.38 bits per heavy atom. The first-order chi connectivity index (χ1) is 7.74. The Labute approximate surface area is 93.2 Å². The van der Waals surface area contributed by atoms with E-state index in [1.54, 1.807) is 11.3 Å². The number of hydrogen-bond donors (Lipinski definition) is 2. The quantitative estimate of drug-likeness (QED) is 0.703. The Morgan fingerprint density at radius 1 is 1.50 bits per heavy atom. The first-order valence-corrected chi connectivity index (χ1v) is 5.34. The first-order valence-electron chi connectivity index (χ1n) is 4.46. The van der Waals surface area contributed by atoms with Crippen LogP contribution < -0.4 is 0 Å². The molecule has 0 spiro atoms. The number of thiophene rings is 1. The van der Waals surface area contributed by atoms with E-state index in [0.29, 0.717) is 11.6 Å². The van der Waals surface area contributed by atoms with Crippen LogP contribution in [0.4, 0.5) is 0 Å². The third-order valence-electron chi connectivity index (χ3n) is 2.10. The van der Waals surface area contributed by atoms with E-state index in [-0.39, 0.29) is 5.69 Å². The summed E-state index contributed by atoms with van der Waals surface area (Å²) in [5.74, 6) is -0.00758. The van der Waals surface area contributed by atoms with E-state index < -0.39 is 5.97 Å². The summed E-state index contributed by atoms with van der Waals surface area (Å²) in [7, 11) is 0. The number of fused-ring (bicyclic) bond motifs is 1. The Balaban J connectivity index is 2.12. The van der Waals surface area contributed by atoms with Crippen LogP contribution in [0, 0.1) is 0 Å². The van der Waals surface area contributed by atoms with Crippen LogP contribution in [-0.2, 0) is 0 Å². The van der Waals surface area contributed by atoms with Gasteiger partial charge in [-0.15, -0.1) is 11.3 Å². The van der Waals surface area contributed by atoms with E-state index in [4.69, 9.17) is 5.11 Å². The van der Waals surface area contributed by atoms with Gasteiger partial charge < -0.3 is 5.11 Å². The highest BCUT2D eigenvalue weighted by Gasteiger charge is 2.12. The fourth-order valence-corrected chi connectivity index (χ4v) is 2.06. The van der Waals surface area contributed by atoms with E-state index in [1.807, 2.05) is 17.5 Å². The van der Waals surface area contributed by atoms with Gasteiger partial charge in [-0.25, -0.2) is 14.3 Å². The molecular formula is C9H6N4O2S. The lowest BCUT2D eigenvalue weighted by Gasteiger charge is -1.87. The van der Waals surface area contributed by atoms with Gasteiger partial charge in [0.2, 0.25) is 0 Å². The minimum atomic E-state index is -1.06. The van der Waals surface area contributed by atoms with Gasteiger partial charge in [0.05, 0.1) is 11.1 Å². The van der Waals surface area contributed by atoms with Crippen LogP contribution >= 0.6 is 11.3 Å². The molecule has 3 heterocycles. The maximum atomic E-state index is 10.7. The Bertz CT molecular complexity index is 621. The van der Waals surface area contributed by atoms with Gasteiger partial charge in [0.25, 0.3) is 5.78 Å². The summed E-state index contributed by atoms with van der Waals surface area (Å²) in [6.45, 7) is 0. The fourth-order valence-electron chi connectivity index (χ4n) is 1.40. The second-order valence-electron chi connectivity index (χ2n) is 3.15. The molecule has 3 rings (SSSR count). The molecule has 0 aliphatic heterocycles. The van der Waals surface area contributed by atoms with Gasteiger partial charge in [-0.1, -0.05) is 6.07 Å². The molecule has 0 atom stereocenters. The molecule has 0 aliphatic carbocycles. The first kappa shape index (κ1) is 9.10. The van der Waals surface area contributed by atoms with Crippen molar-refractivity contribution < 1.29 is 9.90 Å². The Morgan fingerprint density at radius 3 is 3.00 bits per heavy atom. The second kappa shape index (κ2) is 3.17. The predicted molar refractivity (Wildman–Crippen MR) is 57.6 cm³/mol. The average molecular weight is 234 g/mol. The number of carbonyl (C=O) groups is 1. The van der Waals surface area contributed by atoms with Crippen LogP contribution in [0.15, 0.2) is 23.7 Å². The zero-order chi connectivity index (χ0) is 11.1. The molecule has 0 amide bonds. The predicted octanol–water partition coefficient (Wildman–Crippen LogP) is 1.48. The number of aromatic carboxylic acids is 1. The van der Waals surface area contributed by atoms with E-state index in [9.17, 15) is 4.79 Å². The van der Waals surface area contributed by atoms with Gasteiger partial charge in [0, 0.05) is 0 Å². The van der Waals surface area contributed by atoms with Gasteiger partial charge >= 0.3 is 5.97 Å². The van der Waals surface area contributed by atoms with Crippen molar-refractivity contribution in [1.29, 1.82) is 0 Å². The molecule has 0 radical (unpaired) electrons. The summed E-state index contributed by atoms with van der Waals surface area (Å²) in [4.78, 5) is 19.7. The molecule has 80 valence electrons. The van der Waals surface area contributed by atoms with Crippen LogP contribution in [0.3, 0.4) is 0 Å². The largest absolute Gasteiger partial charge is 0.476 e. The molecule has 0 unspecified atom stereocenters. The van der Waals surface area contributed by atoms with Crippen molar-refractivity contribution in [2.24, 2.45) is 0 Å². The van der Waals surface area contributed by atoms with Gasteiger partial charge in [-0.2, -0.15) is 4.98 Å². The maximum Gasteiger partial charge on any atom is 0.356 e. The lowest BCUT2D eigenvalue weighted by atomic mass is 10.4. The highest BCUT2D eigenvalue weighted by molar-refractivity contribution is 7.13. The van der Waals surface area contributed by atoms with Gasteiger partial charge in [-0.3, -0.25) is 5.10 Å². The number of nitrogens with zero attached hydrogens (tertiary/aromatic N) is 3. The third kappa shape index (κ3) is 1.29. The van der Waals surface area contributed by atoms with Crippen LogP contribution in [0.1, 0.15) is 10.5 Å². The Kier molecular flexibility index (Phi) is 1.80. The second-order valence-corrected chi connectivity index (χ2v) is 4.10. The third-order valence-corrected chi connectivity index (χ3v) is 2.98. The summed E-state index contributed by atoms with van der Waals surface area (Å²) in [5, 5.41) is 13.7. The van der Waals surface area contributed by atoms with Crippen molar-refractivity contribution in [3.05, 3.63) is 29.4 Å². The Hall–Kier alpha value is -2.15. The van der Waals surface area contributed by atoms with Gasteiger partial charge in [0.15, 0.2) is 11.5 Å². The van der Waals surface area contributed by atoms with Crippen molar-refractivity contribution in [3.63, 3.8) is 0 Å². The molecule has 6 nitrogen and oxygen atoms in total. The van der Waals surface area contributed by atoms with Crippen LogP contribution in [0.25, 0.3) is 16.5 Å². The molecule has 0 aromatic carbocycles. The molecule has 7 heteroatoms. The maximum absolute atomic E-state index is 10.7. The van der Waals surface area contributed by atoms with Crippen molar-refractivity contribution in [3.8, 4) is 10.7 Å². The highest BCUT2D eigenvalue weighted by Crippen LogP contribution is 2.21. The van der Waals surface area contributed by atoms with Gasteiger partial charge in [0.1, 0.15) is 0 Å². The van der Waals surface area contributed by atoms with E-state index in [2.05, 4.69) is 15.1 Å². The van der Waals surface area contributed by atoms with Crippen LogP contribution in [0.2, 0.25) is 0 Å². The molecule has 0 saturated heterocycles. The molecule has 0 saturated carbocycles. The number of carboxylic acids is 1. The highest BCUT2D eigenvalue weighted by atomic mass is 32.1. The zero-order valence-corrected chi connectivity index (χ0v) is 8.73. The zero-order valence-electron chi connectivity index (χ0n) is 7.91. The van der Waals surface area contributed by atoms with Crippen molar-refractivity contribution in [1.82, 2.24) is 19.6 Å². The number of H-pyrrole nitrogens is 1. The van der Waals surface area contributed by atoms with E-state index in [1.165, 1.54) is 10.7 Å². The van der Waals surface area contributed by atoms with Crippen LogP contribution in [0.5, 0.6) is 0 Å². The summed E-state index contributed by atoms with van der Waals surface area (Å²) in [6, 6.07) is 3.86. The topological polar surface area (TPSA) is 83.3 Å². The summed E-state index contributed by atoms with van der Waals surface area (Å²) >= 11 is 1.55. The average Bonchev–Trinajstić information content (AvgIpc) is 2.91. The molecule has 3 aromatic rings. The van der Waals surface area contributed by atoms with Crippen molar-refractivity contribution >= 4 is 23.1 Å². The molecule has 0 fully saturated rings. The lowest BCUT2D eigenvalue weighted by molar-refractivity contribution is 0.0691.